The summed E-state index contributed by atoms with van der Waals surface area (Å²) in [4.78, 5) is 26.6. The van der Waals surface area contributed by atoms with Crippen LogP contribution in [-0.4, -0.2) is 20.4 Å². The minimum atomic E-state index is -0.518. The van der Waals surface area contributed by atoms with E-state index in [0.29, 0.717) is 11.2 Å². The lowest BCUT2D eigenvalue weighted by Gasteiger charge is -2.07. The number of rotatable bonds is 4. The molecule has 0 bridgehead atoms. The van der Waals surface area contributed by atoms with Gasteiger partial charge in [-0.25, -0.2) is 4.98 Å². The Balaban J connectivity index is 1.80. The van der Waals surface area contributed by atoms with Gasteiger partial charge >= 0.3 is 0 Å². The highest BCUT2D eigenvalue weighted by Gasteiger charge is 2.13. The first kappa shape index (κ1) is 15.0. The van der Waals surface area contributed by atoms with E-state index in [1.165, 1.54) is 18.2 Å². The molecule has 0 saturated heterocycles. The molecule has 8 heteroatoms. The number of fused-ring (bicyclic) bond motifs is 1. The maximum Gasteiger partial charge on any atom is 0.271 e. The summed E-state index contributed by atoms with van der Waals surface area (Å²) in [5.41, 5.74) is 1.70. The fraction of sp³-hybridized carbons (Fsp3) is 0.0667. The molecule has 0 aliphatic carbocycles. The van der Waals surface area contributed by atoms with E-state index in [4.69, 9.17) is 11.6 Å². The predicted molar refractivity (Wildman–Crippen MR) is 86.5 cm³/mol. The molecule has 0 atom stereocenters. The molecule has 2 aromatic carbocycles. The highest BCUT2D eigenvalue weighted by Crippen LogP contribution is 2.20. The zero-order valence-corrected chi connectivity index (χ0v) is 12.5. The van der Waals surface area contributed by atoms with Crippen LogP contribution in [0.5, 0.6) is 0 Å². The Hall–Kier alpha value is -2.93. The van der Waals surface area contributed by atoms with E-state index in [1.807, 2.05) is 18.2 Å². The van der Waals surface area contributed by atoms with Crippen molar-refractivity contribution in [3.63, 3.8) is 0 Å². The van der Waals surface area contributed by atoms with Crippen LogP contribution in [0.4, 0.5) is 11.4 Å². The van der Waals surface area contributed by atoms with Crippen LogP contribution in [0.25, 0.3) is 11.0 Å². The molecular formula is C15H11ClN4O3. The maximum atomic E-state index is 12.2. The summed E-state index contributed by atoms with van der Waals surface area (Å²) in [6.07, 6.45) is 0. The van der Waals surface area contributed by atoms with Gasteiger partial charge in [0.15, 0.2) is 0 Å². The number of imidazole rings is 1. The number of carbonyl (C=O) groups is 1. The molecule has 0 unspecified atom stereocenters. The number of nitrogens with one attached hydrogen (secondary N) is 1. The minimum absolute atomic E-state index is 0.0396. The Morgan fingerprint density at radius 3 is 2.83 bits per heavy atom. The molecule has 1 N–H and O–H groups in total. The number of amides is 1. The zero-order valence-electron chi connectivity index (χ0n) is 11.8. The lowest BCUT2D eigenvalue weighted by atomic mass is 10.3. The van der Waals surface area contributed by atoms with Gasteiger partial charge < -0.3 is 9.88 Å². The lowest BCUT2D eigenvalue weighted by molar-refractivity contribution is -0.384. The van der Waals surface area contributed by atoms with E-state index in [-0.39, 0.29) is 23.4 Å². The number of carbonyl (C=O) groups excluding carboxylic acids is 1. The van der Waals surface area contributed by atoms with Gasteiger partial charge in [0.1, 0.15) is 6.54 Å². The molecule has 0 spiro atoms. The third-order valence-corrected chi connectivity index (χ3v) is 3.54. The van der Waals surface area contributed by atoms with E-state index in [9.17, 15) is 14.9 Å². The molecule has 23 heavy (non-hydrogen) atoms. The molecule has 1 amide bonds. The molecule has 1 heterocycles. The van der Waals surface area contributed by atoms with Crippen LogP contribution in [0.3, 0.4) is 0 Å². The average Bonchev–Trinajstić information content (AvgIpc) is 2.83. The Bertz CT molecular complexity index is 907. The largest absolute Gasteiger partial charge is 0.324 e. The molecule has 1 aromatic heterocycles. The summed E-state index contributed by atoms with van der Waals surface area (Å²) in [5, 5.41) is 13.6. The van der Waals surface area contributed by atoms with Crippen molar-refractivity contribution in [2.24, 2.45) is 0 Å². The summed E-state index contributed by atoms with van der Waals surface area (Å²) in [7, 11) is 0. The second-order valence-corrected chi connectivity index (χ2v) is 5.15. The molecule has 0 radical (unpaired) electrons. The maximum absolute atomic E-state index is 12.2. The van der Waals surface area contributed by atoms with Crippen molar-refractivity contribution in [3.05, 3.63) is 63.9 Å². The number of benzene rings is 2. The fourth-order valence-electron chi connectivity index (χ4n) is 2.24. The highest BCUT2D eigenvalue weighted by molar-refractivity contribution is 6.29. The number of anilines is 1. The summed E-state index contributed by atoms with van der Waals surface area (Å²) >= 11 is 6.06. The van der Waals surface area contributed by atoms with Gasteiger partial charge in [-0.2, -0.15) is 0 Å². The van der Waals surface area contributed by atoms with Crippen LogP contribution in [0, 0.1) is 10.1 Å². The first-order chi connectivity index (χ1) is 11.0. The van der Waals surface area contributed by atoms with Gasteiger partial charge in [-0.05, 0) is 29.8 Å². The topological polar surface area (TPSA) is 90.1 Å². The first-order valence-corrected chi connectivity index (χ1v) is 7.07. The molecule has 0 fully saturated rings. The number of hydrogen-bond donors (Lipinski definition) is 1. The summed E-state index contributed by atoms with van der Waals surface area (Å²) in [6, 6.07) is 13.0. The van der Waals surface area contributed by atoms with E-state index in [0.717, 1.165) is 5.52 Å². The molecule has 0 aliphatic rings. The normalized spacial score (nSPS) is 10.7. The molecule has 0 saturated carbocycles. The number of para-hydroxylation sites is 2. The number of non-ortho nitro benzene ring substituents is 1. The van der Waals surface area contributed by atoms with Crippen molar-refractivity contribution in [3.8, 4) is 0 Å². The van der Waals surface area contributed by atoms with Crippen LogP contribution in [0.1, 0.15) is 0 Å². The highest BCUT2D eigenvalue weighted by atomic mass is 35.5. The number of nitro benzene ring substituents is 1. The molecular weight excluding hydrogens is 320 g/mol. The van der Waals surface area contributed by atoms with Crippen molar-refractivity contribution < 1.29 is 9.72 Å². The number of aromatic nitrogens is 2. The predicted octanol–water partition coefficient (Wildman–Crippen LogP) is 3.24. The molecule has 3 aromatic rings. The second kappa shape index (κ2) is 6.05. The Kier molecular flexibility index (Phi) is 3.94. The standard InChI is InChI=1S/C15H11ClN4O3/c16-15-18-12-6-1-2-7-13(12)19(15)9-14(21)17-10-4-3-5-11(8-10)20(22)23/h1-8H,9H2,(H,17,21). The van der Waals surface area contributed by atoms with Crippen LogP contribution in [0.2, 0.25) is 5.28 Å². The number of hydrogen-bond acceptors (Lipinski definition) is 4. The van der Waals surface area contributed by atoms with E-state index < -0.39 is 4.92 Å². The van der Waals surface area contributed by atoms with Crippen molar-refractivity contribution in [1.82, 2.24) is 9.55 Å². The molecule has 0 aliphatic heterocycles. The van der Waals surface area contributed by atoms with Gasteiger partial charge in [0.25, 0.3) is 5.69 Å². The van der Waals surface area contributed by atoms with Crippen molar-refractivity contribution in [2.75, 3.05) is 5.32 Å². The van der Waals surface area contributed by atoms with E-state index in [1.54, 1.807) is 16.7 Å². The SMILES string of the molecule is O=C(Cn1c(Cl)nc2ccccc21)Nc1cccc([N+](=O)[O-])c1. The Labute approximate surface area is 135 Å². The van der Waals surface area contributed by atoms with Gasteiger partial charge in [0.2, 0.25) is 11.2 Å². The van der Waals surface area contributed by atoms with Crippen molar-refractivity contribution in [2.45, 2.75) is 6.54 Å². The first-order valence-electron chi connectivity index (χ1n) is 6.69. The Morgan fingerprint density at radius 2 is 2.04 bits per heavy atom. The van der Waals surface area contributed by atoms with Crippen LogP contribution < -0.4 is 5.32 Å². The molecule has 7 nitrogen and oxygen atoms in total. The third-order valence-electron chi connectivity index (χ3n) is 3.25. The van der Waals surface area contributed by atoms with Gasteiger partial charge in [-0.3, -0.25) is 14.9 Å². The van der Waals surface area contributed by atoms with Crippen molar-refractivity contribution in [1.29, 1.82) is 0 Å². The summed E-state index contributed by atoms with van der Waals surface area (Å²) in [5.74, 6) is -0.351. The van der Waals surface area contributed by atoms with E-state index >= 15 is 0 Å². The minimum Gasteiger partial charge on any atom is -0.324 e. The molecule has 116 valence electrons. The fourth-order valence-corrected chi connectivity index (χ4v) is 2.48. The van der Waals surface area contributed by atoms with Gasteiger partial charge in [-0.15, -0.1) is 0 Å². The summed E-state index contributed by atoms with van der Waals surface area (Å²) < 4.78 is 1.57. The van der Waals surface area contributed by atoms with Gasteiger partial charge in [0.05, 0.1) is 16.0 Å². The van der Waals surface area contributed by atoms with Crippen molar-refractivity contribution >= 4 is 39.9 Å². The monoisotopic (exact) mass is 330 g/mol. The lowest BCUT2D eigenvalue weighted by Crippen LogP contribution is -2.18. The number of nitrogens with zero attached hydrogens (tertiary/aromatic N) is 3. The van der Waals surface area contributed by atoms with Crippen LogP contribution >= 0.6 is 11.6 Å². The summed E-state index contributed by atoms with van der Waals surface area (Å²) in [6.45, 7) is -0.0396. The average molecular weight is 331 g/mol. The van der Waals surface area contributed by atoms with Gasteiger partial charge in [0, 0.05) is 17.8 Å². The Morgan fingerprint density at radius 1 is 1.26 bits per heavy atom. The number of halogens is 1. The third kappa shape index (κ3) is 3.14. The molecule has 3 rings (SSSR count). The second-order valence-electron chi connectivity index (χ2n) is 4.81. The smallest absolute Gasteiger partial charge is 0.271 e. The number of nitro groups is 1. The zero-order chi connectivity index (χ0) is 16.4. The van der Waals surface area contributed by atoms with Gasteiger partial charge in [-0.1, -0.05) is 18.2 Å². The van der Waals surface area contributed by atoms with E-state index in [2.05, 4.69) is 10.3 Å². The quantitative estimate of drug-likeness (QED) is 0.587. The van der Waals surface area contributed by atoms with Crippen LogP contribution in [0.15, 0.2) is 48.5 Å². The van der Waals surface area contributed by atoms with Crippen LogP contribution in [-0.2, 0) is 11.3 Å².